The van der Waals surface area contributed by atoms with Crippen molar-refractivity contribution in [2.45, 2.75) is 13.3 Å². The van der Waals surface area contributed by atoms with Gasteiger partial charge in [-0.1, -0.05) is 0 Å². The first-order valence-corrected chi connectivity index (χ1v) is 3.58. The van der Waals surface area contributed by atoms with Gasteiger partial charge in [0.25, 0.3) is 0 Å². The van der Waals surface area contributed by atoms with Gasteiger partial charge in [-0.05, 0) is 21.0 Å². The van der Waals surface area contributed by atoms with Crippen LogP contribution in [-0.4, -0.2) is 38.0 Å². The molecule has 0 aromatic heterocycles. The summed E-state index contributed by atoms with van der Waals surface area (Å²) in [5, 5.41) is 2.74. The first-order valence-electron chi connectivity index (χ1n) is 3.58. The summed E-state index contributed by atoms with van der Waals surface area (Å²) >= 11 is 0. The fraction of sp³-hybridized carbons (Fsp3) is 0.857. The standard InChI is InChI=1S/C7H16N2O.H2/c1-4-8-7(10)5-6-9(2)3;/h4-6H2,1-3H3,(H,8,10);1H. The molecule has 0 saturated heterocycles. The van der Waals surface area contributed by atoms with Crippen LogP contribution in [0, 0.1) is 0 Å². The molecule has 0 unspecified atom stereocenters. The molecule has 0 radical (unpaired) electrons. The van der Waals surface area contributed by atoms with E-state index in [9.17, 15) is 4.79 Å². The van der Waals surface area contributed by atoms with Crippen LogP contribution in [0.25, 0.3) is 0 Å². The molecule has 3 heteroatoms. The van der Waals surface area contributed by atoms with Gasteiger partial charge in [0.05, 0.1) is 0 Å². The highest BCUT2D eigenvalue weighted by Crippen LogP contribution is 1.81. The van der Waals surface area contributed by atoms with Crippen molar-refractivity contribution in [1.82, 2.24) is 10.2 Å². The highest BCUT2D eigenvalue weighted by molar-refractivity contribution is 5.75. The second kappa shape index (κ2) is 5.23. The summed E-state index contributed by atoms with van der Waals surface area (Å²) in [7, 11) is 3.92. The number of amides is 1. The summed E-state index contributed by atoms with van der Waals surface area (Å²) in [5.74, 6) is 0.135. The van der Waals surface area contributed by atoms with Crippen LogP contribution < -0.4 is 5.32 Å². The van der Waals surface area contributed by atoms with Crippen LogP contribution >= 0.6 is 0 Å². The molecule has 1 N–H and O–H groups in total. The monoisotopic (exact) mass is 146 g/mol. The number of nitrogens with zero attached hydrogens (tertiary/aromatic N) is 1. The summed E-state index contributed by atoms with van der Waals surface area (Å²) in [5.41, 5.74) is 0. The van der Waals surface area contributed by atoms with Crippen LogP contribution in [0.3, 0.4) is 0 Å². The van der Waals surface area contributed by atoms with Crippen molar-refractivity contribution in [1.29, 1.82) is 0 Å². The minimum absolute atomic E-state index is 0. The molecule has 0 fully saturated rings. The Hall–Kier alpha value is -0.570. The average molecular weight is 146 g/mol. The molecule has 0 aliphatic carbocycles. The molecule has 0 aliphatic rings. The van der Waals surface area contributed by atoms with Crippen molar-refractivity contribution in [3.63, 3.8) is 0 Å². The SMILES string of the molecule is CCNC(=O)CCN(C)C.[HH]. The summed E-state index contributed by atoms with van der Waals surface area (Å²) in [4.78, 5) is 12.8. The van der Waals surface area contributed by atoms with Crippen molar-refractivity contribution < 1.29 is 6.22 Å². The van der Waals surface area contributed by atoms with E-state index in [0.717, 1.165) is 13.1 Å². The zero-order valence-electron chi connectivity index (χ0n) is 6.98. The summed E-state index contributed by atoms with van der Waals surface area (Å²) in [6.45, 7) is 3.48. The van der Waals surface area contributed by atoms with Gasteiger partial charge in [-0.3, -0.25) is 4.79 Å². The maximum Gasteiger partial charge on any atom is 0.221 e. The van der Waals surface area contributed by atoms with Crippen LogP contribution in [0.4, 0.5) is 0 Å². The van der Waals surface area contributed by atoms with E-state index in [0.29, 0.717) is 6.42 Å². The van der Waals surface area contributed by atoms with Crippen LogP contribution in [0.2, 0.25) is 0 Å². The van der Waals surface area contributed by atoms with E-state index in [1.54, 1.807) is 0 Å². The molecule has 0 aromatic carbocycles. The minimum atomic E-state index is 0. The maximum absolute atomic E-state index is 10.8. The topological polar surface area (TPSA) is 32.3 Å². The molecule has 0 spiro atoms. The van der Waals surface area contributed by atoms with Crippen molar-refractivity contribution in [2.75, 3.05) is 27.2 Å². The van der Waals surface area contributed by atoms with Crippen molar-refractivity contribution in [2.24, 2.45) is 0 Å². The number of hydrogen-bond donors (Lipinski definition) is 1. The Labute approximate surface area is 63.9 Å². The predicted octanol–water partition coefficient (Wildman–Crippen LogP) is 0.320. The smallest absolute Gasteiger partial charge is 0.221 e. The van der Waals surface area contributed by atoms with Gasteiger partial charge < -0.3 is 10.2 Å². The Morgan fingerprint density at radius 3 is 2.60 bits per heavy atom. The van der Waals surface area contributed by atoms with Gasteiger partial charge in [0.15, 0.2) is 0 Å². The Balaban J connectivity index is 0. The molecular weight excluding hydrogens is 128 g/mol. The Kier molecular flexibility index (Phi) is 4.94. The van der Waals surface area contributed by atoms with E-state index < -0.39 is 0 Å². The summed E-state index contributed by atoms with van der Waals surface area (Å²) in [6.07, 6.45) is 0.598. The Bertz CT molecular complexity index is 107. The number of rotatable bonds is 4. The second-order valence-electron chi connectivity index (χ2n) is 2.51. The highest BCUT2D eigenvalue weighted by atomic mass is 16.1. The first-order chi connectivity index (χ1) is 4.66. The normalized spacial score (nSPS) is 10.0. The highest BCUT2D eigenvalue weighted by Gasteiger charge is 1.98. The van der Waals surface area contributed by atoms with Gasteiger partial charge in [-0.2, -0.15) is 0 Å². The van der Waals surface area contributed by atoms with E-state index in [-0.39, 0.29) is 7.33 Å². The predicted molar refractivity (Wildman–Crippen MR) is 44.0 cm³/mol. The molecule has 0 aromatic rings. The molecule has 10 heavy (non-hydrogen) atoms. The van der Waals surface area contributed by atoms with E-state index in [4.69, 9.17) is 0 Å². The third-order valence-corrected chi connectivity index (χ3v) is 1.16. The fourth-order valence-electron chi connectivity index (χ4n) is 0.611. The van der Waals surface area contributed by atoms with E-state index in [1.807, 2.05) is 25.9 Å². The van der Waals surface area contributed by atoms with Crippen molar-refractivity contribution >= 4 is 5.91 Å². The third-order valence-electron chi connectivity index (χ3n) is 1.16. The fourth-order valence-corrected chi connectivity index (χ4v) is 0.611. The van der Waals surface area contributed by atoms with E-state index in [1.165, 1.54) is 0 Å². The van der Waals surface area contributed by atoms with Crippen LogP contribution in [0.15, 0.2) is 0 Å². The summed E-state index contributed by atoms with van der Waals surface area (Å²) in [6, 6.07) is 0. The zero-order valence-corrected chi connectivity index (χ0v) is 6.98. The third kappa shape index (κ3) is 5.56. The molecule has 3 nitrogen and oxygen atoms in total. The number of carbonyl (C=O) groups is 1. The quantitative estimate of drug-likeness (QED) is 0.619. The van der Waals surface area contributed by atoms with Gasteiger partial charge in [-0.15, -0.1) is 0 Å². The van der Waals surface area contributed by atoms with Crippen molar-refractivity contribution in [3.05, 3.63) is 0 Å². The average Bonchev–Trinajstić information content (AvgIpc) is 1.85. The lowest BCUT2D eigenvalue weighted by atomic mass is 10.4. The second-order valence-corrected chi connectivity index (χ2v) is 2.51. The Morgan fingerprint density at radius 1 is 1.60 bits per heavy atom. The lowest BCUT2D eigenvalue weighted by Gasteiger charge is -2.07. The number of hydrogen-bond acceptors (Lipinski definition) is 2. The lowest BCUT2D eigenvalue weighted by Crippen LogP contribution is -2.26. The summed E-state index contributed by atoms with van der Waals surface area (Å²) < 4.78 is 0. The molecule has 0 rings (SSSR count). The van der Waals surface area contributed by atoms with Gasteiger partial charge in [-0.25, -0.2) is 0 Å². The first kappa shape index (κ1) is 9.43. The molecule has 0 aliphatic heterocycles. The van der Waals surface area contributed by atoms with Gasteiger partial charge in [0.2, 0.25) is 5.91 Å². The zero-order chi connectivity index (χ0) is 7.98. The minimum Gasteiger partial charge on any atom is -0.356 e. The molecule has 1 amide bonds. The molecular formula is C7H18N2O. The Morgan fingerprint density at radius 2 is 2.20 bits per heavy atom. The van der Waals surface area contributed by atoms with Crippen LogP contribution in [0.5, 0.6) is 0 Å². The van der Waals surface area contributed by atoms with E-state index >= 15 is 0 Å². The number of carbonyl (C=O) groups excluding carboxylic acids is 1. The number of nitrogens with one attached hydrogen (secondary N) is 1. The molecule has 62 valence electrons. The maximum atomic E-state index is 10.8. The molecule has 0 bridgehead atoms. The lowest BCUT2D eigenvalue weighted by molar-refractivity contribution is -0.121. The van der Waals surface area contributed by atoms with E-state index in [2.05, 4.69) is 5.32 Å². The van der Waals surface area contributed by atoms with Crippen molar-refractivity contribution in [3.8, 4) is 0 Å². The molecule has 0 heterocycles. The largest absolute Gasteiger partial charge is 0.356 e. The van der Waals surface area contributed by atoms with Gasteiger partial charge in [0.1, 0.15) is 0 Å². The molecule has 0 atom stereocenters. The van der Waals surface area contributed by atoms with Crippen LogP contribution in [-0.2, 0) is 4.79 Å². The van der Waals surface area contributed by atoms with Gasteiger partial charge >= 0.3 is 0 Å². The van der Waals surface area contributed by atoms with Crippen LogP contribution in [0.1, 0.15) is 14.8 Å². The molecule has 0 saturated carbocycles. The van der Waals surface area contributed by atoms with Gasteiger partial charge in [0, 0.05) is 20.9 Å².